The Morgan fingerprint density at radius 3 is 2.00 bits per heavy atom. The van der Waals surface area contributed by atoms with Crippen molar-refractivity contribution in [3.63, 3.8) is 0 Å². The van der Waals surface area contributed by atoms with Crippen molar-refractivity contribution in [2.24, 2.45) is 10.4 Å². The molecule has 1 amide bonds. The van der Waals surface area contributed by atoms with Crippen LogP contribution in [0.5, 0.6) is 0 Å². The van der Waals surface area contributed by atoms with Crippen LogP contribution in [0.3, 0.4) is 0 Å². The van der Waals surface area contributed by atoms with Crippen molar-refractivity contribution >= 4 is 47.0 Å². The number of benzene rings is 4. The molecule has 0 saturated heterocycles. The first-order valence-electron chi connectivity index (χ1n) is 14.0. The topological polar surface area (TPSA) is 91.7 Å². The fourth-order valence-corrected chi connectivity index (χ4v) is 5.54. The number of aliphatic carboxylic acids is 1. The van der Waals surface area contributed by atoms with Crippen molar-refractivity contribution in [2.75, 3.05) is 5.32 Å². The molecule has 0 aliphatic rings. The van der Waals surface area contributed by atoms with Crippen LogP contribution in [-0.4, -0.2) is 28.2 Å². The summed E-state index contributed by atoms with van der Waals surface area (Å²) >= 11 is 12.6. The zero-order valence-corrected chi connectivity index (χ0v) is 25.1. The number of hydrogen-bond acceptors (Lipinski definition) is 4. The van der Waals surface area contributed by atoms with Crippen molar-refractivity contribution in [2.45, 2.75) is 18.9 Å². The fraction of sp³-hybridized carbons (Fsp3) is 0.111. The highest BCUT2D eigenvalue weighted by Crippen LogP contribution is 2.35. The smallest absolute Gasteiger partial charge is 0.315 e. The van der Waals surface area contributed by atoms with E-state index in [0.29, 0.717) is 21.3 Å². The summed E-state index contributed by atoms with van der Waals surface area (Å²) in [5.41, 5.74) is 2.40. The van der Waals surface area contributed by atoms with Crippen molar-refractivity contribution in [3.05, 3.63) is 166 Å². The molecule has 2 N–H and O–H groups in total. The Bertz CT molecular complexity index is 1730. The van der Waals surface area contributed by atoms with E-state index < -0.39 is 17.4 Å². The number of para-hydroxylation sites is 1. The van der Waals surface area contributed by atoms with Gasteiger partial charge in [-0.25, -0.2) is 0 Å². The lowest BCUT2D eigenvalue weighted by atomic mass is 9.77. The molecule has 0 saturated carbocycles. The molecule has 5 aromatic rings. The Morgan fingerprint density at radius 1 is 0.795 bits per heavy atom. The summed E-state index contributed by atoms with van der Waals surface area (Å²) in [5.74, 6) is -1.40. The summed E-state index contributed by atoms with van der Waals surface area (Å²) in [4.78, 5) is 35.5. The number of halogens is 2. The number of carbonyl (C=O) groups is 2. The molecule has 5 rings (SSSR count). The van der Waals surface area contributed by atoms with Gasteiger partial charge in [0.1, 0.15) is 17.2 Å². The van der Waals surface area contributed by atoms with E-state index >= 15 is 0 Å². The lowest BCUT2D eigenvalue weighted by molar-refractivity contribution is -0.144. The molecule has 1 atom stereocenters. The van der Waals surface area contributed by atoms with Crippen LogP contribution in [0.2, 0.25) is 10.0 Å². The molecular formula is C36H29Cl2N3O3. The molecule has 0 aliphatic carbocycles. The lowest BCUT2D eigenvalue weighted by Gasteiger charge is -2.27. The summed E-state index contributed by atoms with van der Waals surface area (Å²) in [5, 5.41) is 14.8. The first-order valence-corrected chi connectivity index (χ1v) is 14.7. The second-order valence-electron chi connectivity index (χ2n) is 10.4. The minimum absolute atomic E-state index is 0.137. The zero-order valence-electron chi connectivity index (χ0n) is 23.6. The number of rotatable bonds is 11. The Morgan fingerprint density at radius 2 is 1.41 bits per heavy atom. The Kier molecular flexibility index (Phi) is 9.85. The predicted octanol–water partition coefficient (Wildman–Crippen LogP) is 8.36. The standard InChI is InChI=1S/C36H29Cl2N3O3/c37-28-14-8-10-25(20-28)22-36(35(43)44,23-26-11-9-15-29(38)21-26)24-40-33(27-12-2-1-3-13-27)30-16-4-5-17-31(30)41-34(42)32-18-6-7-19-39-32/h1-21,24,33H,22-23H2,(H,41,42)(H,43,44). The minimum atomic E-state index is -1.45. The Hall–Kier alpha value is -4.78. The average molecular weight is 623 g/mol. The van der Waals surface area contributed by atoms with Gasteiger partial charge in [-0.05, 0) is 72.0 Å². The van der Waals surface area contributed by atoms with Gasteiger partial charge in [-0.1, -0.05) is 102 Å². The van der Waals surface area contributed by atoms with Crippen LogP contribution in [0, 0.1) is 5.41 Å². The summed E-state index contributed by atoms with van der Waals surface area (Å²) < 4.78 is 0. The number of pyridine rings is 1. The van der Waals surface area contributed by atoms with Gasteiger partial charge >= 0.3 is 5.97 Å². The van der Waals surface area contributed by atoms with Crippen molar-refractivity contribution in [1.29, 1.82) is 0 Å². The number of aliphatic imine (C=N–C) groups is 1. The molecule has 0 bridgehead atoms. The number of hydrogen-bond donors (Lipinski definition) is 2. The van der Waals surface area contributed by atoms with E-state index in [4.69, 9.17) is 28.2 Å². The maximum atomic E-state index is 13.2. The maximum absolute atomic E-state index is 13.2. The van der Waals surface area contributed by atoms with Gasteiger partial charge in [0, 0.05) is 33.7 Å². The average Bonchev–Trinajstić information content (AvgIpc) is 3.02. The fourth-order valence-electron chi connectivity index (χ4n) is 5.11. The molecule has 220 valence electrons. The number of carbonyl (C=O) groups excluding carboxylic acids is 1. The molecule has 44 heavy (non-hydrogen) atoms. The first kappa shape index (κ1) is 30.7. The Labute approximate surface area is 266 Å². The van der Waals surface area contributed by atoms with Gasteiger partial charge < -0.3 is 10.4 Å². The summed E-state index contributed by atoms with van der Waals surface area (Å²) in [7, 11) is 0. The van der Waals surface area contributed by atoms with E-state index in [-0.39, 0.29) is 24.4 Å². The highest BCUT2D eigenvalue weighted by Gasteiger charge is 2.38. The molecule has 8 heteroatoms. The van der Waals surface area contributed by atoms with Gasteiger partial charge in [-0.2, -0.15) is 0 Å². The van der Waals surface area contributed by atoms with Crippen molar-refractivity contribution in [3.8, 4) is 0 Å². The minimum Gasteiger partial charge on any atom is -0.481 e. The summed E-state index contributed by atoms with van der Waals surface area (Å²) in [6, 6.07) is 35.7. The quantitative estimate of drug-likeness (QED) is 0.145. The zero-order chi connectivity index (χ0) is 30.9. The first-order chi connectivity index (χ1) is 21.3. The summed E-state index contributed by atoms with van der Waals surface area (Å²) in [6.45, 7) is 0. The van der Waals surface area contributed by atoms with Crippen LogP contribution >= 0.6 is 23.2 Å². The van der Waals surface area contributed by atoms with E-state index in [1.807, 2.05) is 60.7 Å². The van der Waals surface area contributed by atoms with Crippen molar-refractivity contribution < 1.29 is 14.7 Å². The Balaban J connectivity index is 1.60. The number of carboxylic acid groups (broad SMARTS) is 1. The third-order valence-corrected chi connectivity index (χ3v) is 7.70. The van der Waals surface area contributed by atoms with Crippen LogP contribution in [0.4, 0.5) is 5.69 Å². The van der Waals surface area contributed by atoms with Crippen molar-refractivity contribution in [1.82, 2.24) is 4.98 Å². The second kappa shape index (κ2) is 14.1. The summed E-state index contributed by atoms with van der Waals surface area (Å²) in [6.07, 6.45) is 3.37. The number of amides is 1. The molecule has 0 aliphatic heterocycles. The van der Waals surface area contributed by atoms with Crippen LogP contribution in [0.15, 0.2) is 133 Å². The number of nitrogens with one attached hydrogen (secondary N) is 1. The van der Waals surface area contributed by atoms with E-state index in [2.05, 4.69) is 10.3 Å². The normalized spacial score (nSPS) is 12.1. The molecule has 1 heterocycles. The second-order valence-corrected chi connectivity index (χ2v) is 11.3. The van der Waals surface area contributed by atoms with Crippen LogP contribution < -0.4 is 5.32 Å². The van der Waals surface area contributed by atoms with Gasteiger partial charge in [-0.3, -0.25) is 19.6 Å². The van der Waals surface area contributed by atoms with E-state index in [1.54, 1.807) is 66.9 Å². The van der Waals surface area contributed by atoms with Gasteiger partial charge in [0.15, 0.2) is 0 Å². The molecule has 6 nitrogen and oxygen atoms in total. The highest BCUT2D eigenvalue weighted by molar-refractivity contribution is 6.30. The molecule has 0 spiro atoms. The number of nitrogens with zero attached hydrogens (tertiary/aromatic N) is 2. The molecule has 0 fully saturated rings. The third kappa shape index (κ3) is 7.59. The number of aromatic nitrogens is 1. The largest absolute Gasteiger partial charge is 0.481 e. The third-order valence-electron chi connectivity index (χ3n) is 7.23. The number of anilines is 1. The van der Waals surface area contributed by atoms with E-state index in [1.165, 1.54) is 6.21 Å². The van der Waals surface area contributed by atoms with Gasteiger partial charge in [0.05, 0.1) is 0 Å². The highest BCUT2D eigenvalue weighted by atomic mass is 35.5. The van der Waals surface area contributed by atoms with Gasteiger partial charge in [0.2, 0.25) is 0 Å². The van der Waals surface area contributed by atoms with Crippen LogP contribution in [0.1, 0.15) is 38.8 Å². The predicted molar refractivity (Wildman–Crippen MR) is 176 cm³/mol. The number of carboxylic acids is 1. The molecule has 4 aromatic carbocycles. The molecule has 0 radical (unpaired) electrons. The van der Waals surface area contributed by atoms with Crippen LogP contribution in [0.25, 0.3) is 0 Å². The van der Waals surface area contributed by atoms with Gasteiger partial charge in [0.25, 0.3) is 5.91 Å². The molecular weight excluding hydrogens is 593 g/mol. The lowest BCUT2D eigenvalue weighted by Crippen LogP contribution is -2.37. The molecule has 1 aromatic heterocycles. The monoisotopic (exact) mass is 621 g/mol. The SMILES string of the molecule is O=C(Nc1ccccc1C(N=CC(Cc1cccc(Cl)c1)(Cc1cccc(Cl)c1)C(=O)O)c1ccccc1)c1ccccn1. The van der Waals surface area contributed by atoms with E-state index in [0.717, 1.165) is 16.7 Å². The maximum Gasteiger partial charge on any atom is 0.315 e. The van der Waals surface area contributed by atoms with E-state index in [9.17, 15) is 14.7 Å². The van der Waals surface area contributed by atoms with Gasteiger partial charge in [-0.15, -0.1) is 0 Å². The molecule has 1 unspecified atom stereocenters. The van der Waals surface area contributed by atoms with Crippen LogP contribution in [-0.2, 0) is 17.6 Å².